The van der Waals surface area contributed by atoms with Crippen LogP contribution in [0.1, 0.15) is 53.9 Å². The smallest absolute Gasteiger partial charge is 0.314 e. The van der Waals surface area contributed by atoms with Crippen LogP contribution in [-0.4, -0.2) is 35.4 Å². The van der Waals surface area contributed by atoms with Gasteiger partial charge in [-0.05, 0) is 33.1 Å². The van der Waals surface area contributed by atoms with Crippen LogP contribution in [0.5, 0.6) is 0 Å². The van der Waals surface area contributed by atoms with E-state index in [0.717, 1.165) is 12.8 Å². The highest BCUT2D eigenvalue weighted by atomic mass is 16.7. The Bertz CT molecular complexity index is 278. The lowest BCUT2D eigenvalue weighted by atomic mass is 10.0. The fraction of sp³-hybridized carbons (Fsp3) is 0.857. The van der Waals surface area contributed by atoms with Crippen LogP contribution in [0.3, 0.4) is 0 Å². The highest BCUT2D eigenvalue weighted by Gasteiger charge is 2.34. The van der Waals surface area contributed by atoms with Crippen molar-refractivity contribution in [1.82, 2.24) is 0 Å². The first-order valence-corrected chi connectivity index (χ1v) is 6.94. The van der Waals surface area contributed by atoms with Gasteiger partial charge in [-0.2, -0.15) is 0 Å². The minimum Gasteiger partial charge on any atom is -0.481 e. The summed E-state index contributed by atoms with van der Waals surface area (Å²) in [5.41, 5.74) is 0. The summed E-state index contributed by atoms with van der Waals surface area (Å²) in [5, 5.41) is 9.04. The van der Waals surface area contributed by atoms with Crippen molar-refractivity contribution in [2.24, 2.45) is 5.92 Å². The van der Waals surface area contributed by atoms with Gasteiger partial charge in [0.05, 0.1) is 12.2 Å². The molecule has 0 saturated heterocycles. The van der Waals surface area contributed by atoms with Gasteiger partial charge in [0.25, 0.3) is 0 Å². The van der Waals surface area contributed by atoms with Gasteiger partial charge in [0, 0.05) is 0 Å². The SMILES string of the molecule is CCC(C)OC(OC(C)CC)C(=O)C(CC)C(=O)O. The van der Waals surface area contributed by atoms with Gasteiger partial charge in [0.15, 0.2) is 0 Å². The molecular formula is C14H26O5. The highest BCUT2D eigenvalue weighted by molar-refractivity contribution is 5.99. The molecule has 0 rings (SSSR count). The molecule has 5 heteroatoms. The molecule has 0 amide bonds. The zero-order chi connectivity index (χ0) is 15.0. The number of carbonyl (C=O) groups excluding carboxylic acids is 1. The molecule has 19 heavy (non-hydrogen) atoms. The van der Waals surface area contributed by atoms with Crippen LogP contribution in [0.2, 0.25) is 0 Å². The molecular weight excluding hydrogens is 248 g/mol. The van der Waals surface area contributed by atoms with Crippen molar-refractivity contribution < 1.29 is 24.2 Å². The van der Waals surface area contributed by atoms with E-state index in [9.17, 15) is 9.59 Å². The van der Waals surface area contributed by atoms with Gasteiger partial charge in [0.1, 0.15) is 5.92 Å². The lowest BCUT2D eigenvalue weighted by Crippen LogP contribution is -2.40. The van der Waals surface area contributed by atoms with E-state index < -0.39 is 24.0 Å². The molecule has 5 nitrogen and oxygen atoms in total. The Morgan fingerprint density at radius 3 is 1.63 bits per heavy atom. The normalized spacial score (nSPS) is 17.5. The molecule has 0 saturated carbocycles. The summed E-state index contributed by atoms with van der Waals surface area (Å²) in [5.74, 6) is -2.70. The second-order valence-corrected chi connectivity index (χ2v) is 4.74. The second-order valence-electron chi connectivity index (χ2n) is 4.74. The Labute approximate surface area is 115 Å². The molecule has 0 aliphatic heterocycles. The summed E-state index contributed by atoms with van der Waals surface area (Å²) in [7, 11) is 0. The summed E-state index contributed by atoms with van der Waals surface area (Å²) in [4.78, 5) is 23.2. The Kier molecular flexibility index (Phi) is 8.59. The van der Waals surface area contributed by atoms with E-state index in [1.807, 2.05) is 27.7 Å². The summed E-state index contributed by atoms with van der Waals surface area (Å²) < 4.78 is 11.1. The molecule has 0 aromatic heterocycles. The molecule has 0 aromatic carbocycles. The number of Topliss-reactive ketones (excluding diaryl/α,β-unsaturated/α-hetero) is 1. The summed E-state index contributed by atoms with van der Waals surface area (Å²) in [6, 6.07) is 0. The molecule has 0 aromatic rings. The third-order valence-electron chi connectivity index (χ3n) is 3.14. The molecule has 3 atom stereocenters. The predicted octanol–water partition coefficient (Wildman–Crippen LogP) is 2.62. The number of rotatable bonds is 10. The third-order valence-corrected chi connectivity index (χ3v) is 3.14. The van der Waals surface area contributed by atoms with E-state index >= 15 is 0 Å². The van der Waals surface area contributed by atoms with Gasteiger partial charge >= 0.3 is 5.97 Å². The summed E-state index contributed by atoms with van der Waals surface area (Å²) >= 11 is 0. The molecule has 112 valence electrons. The monoisotopic (exact) mass is 274 g/mol. The van der Waals surface area contributed by atoms with Crippen LogP contribution in [0, 0.1) is 5.92 Å². The van der Waals surface area contributed by atoms with Crippen LogP contribution in [0.25, 0.3) is 0 Å². The summed E-state index contributed by atoms with van der Waals surface area (Å²) in [6.07, 6.45) is 0.313. The third kappa shape index (κ3) is 6.16. The first kappa shape index (κ1) is 18.1. The molecule has 0 spiro atoms. The maximum atomic E-state index is 12.2. The van der Waals surface area contributed by atoms with E-state index in [4.69, 9.17) is 14.6 Å². The van der Waals surface area contributed by atoms with Crippen LogP contribution < -0.4 is 0 Å². The molecule has 1 N–H and O–H groups in total. The van der Waals surface area contributed by atoms with Crippen molar-refractivity contribution in [3.63, 3.8) is 0 Å². The number of hydrogen-bond acceptors (Lipinski definition) is 4. The predicted molar refractivity (Wildman–Crippen MR) is 71.9 cm³/mol. The Hall–Kier alpha value is -0.940. The van der Waals surface area contributed by atoms with Crippen LogP contribution in [-0.2, 0) is 19.1 Å². The zero-order valence-corrected chi connectivity index (χ0v) is 12.5. The first-order chi connectivity index (χ1) is 8.87. The van der Waals surface area contributed by atoms with Crippen molar-refractivity contribution in [3.8, 4) is 0 Å². The van der Waals surface area contributed by atoms with Crippen molar-refractivity contribution in [2.45, 2.75) is 72.4 Å². The van der Waals surface area contributed by atoms with E-state index in [-0.39, 0.29) is 18.6 Å². The first-order valence-electron chi connectivity index (χ1n) is 6.94. The molecule has 0 fully saturated rings. The van der Waals surface area contributed by atoms with Gasteiger partial charge in [0.2, 0.25) is 12.1 Å². The van der Waals surface area contributed by atoms with Gasteiger partial charge < -0.3 is 14.6 Å². The molecule has 0 bridgehead atoms. The fourth-order valence-corrected chi connectivity index (χ4v) is 1.44. The molecule has 3 unspecified atom stereocenters. The Morgan fingerprint density at radius 1 is 0.947 bits per heavy atom. The largest absolute Gasteiger partial charge is 0.481 e. The quantitative estimate of drug-likeness (QED) is 0.489. The number of ketones is 1. The van der Waals surface area contributed by atoms with Gasteiger partial charge in [-0.1, -0.05) is 20.8 Å². The van der Waals surface area contributed by atoms with Crippen molar-refractivity contribution in [2.75, 3.05) is 0 Å². The minimum absolute atomic E-state index is 0.149. The van der Waals surface area contributed by atoms with Crippen molar-refractivity contribution in [3.05, 3.63) is 0 Å². The molecule has 0 aliphatic rings. The van der Waals surface area contributed by atoms with Crippen molar-refractivity contribution in [1.29, 1.82) is 0 Å². The number of aliphatic carboxylic acids is 1. The van der Waals surface area contributed by atoms with E-state index in [1.54, 1.807) is 6.92 Å². The molecule has 0 heterocycles. The molecule has 0 radical (unpaired) electrons. The van der Waals surface area contributed by atoms with Crippen LogP contribution in [0.4, 0.5) is 0 Å². The zero-order valence-electron chi connectivity index (χ0n) is 12.5. The Balaban J connectivity index is 4.88. The lowest BCUT2D eigenvalue weighted by molar-refractivity contribution is -0.199. The topological polar surface area (TPSA) is 72.8 Å². The van der Waals surface area contributed by atoms with Gasteiger partial charge in [-0.25, -0.2) is 0 Å². The maximum Gasteiger partial charge on any atom is 0.314 e. The van der Waals surface area contributed by atoms with E-state index in [2.05, 4.69) is 0 Å². The average Bonchev–Trinajstić information content (AvgIpc) is 2.37. The van der Waals surface area contributed by atoms with E-state index in [0.29, 0.717) is 0 Å². The number of ether oxygens (including phenoxy) is 2. The van der Waals surface area contributed by atoms with E-state index in [1.165, 1.54) is 0 Å². The number of carbonyl (C=O) groups is 2. The standard InChI is InChI=1S/C14H26O5/c1-6-9(4)18-14(19-10(5)7-2)12(15)11(8-3)13(16)17/h9-11,14H,6-8H2,1-5H3,(H,16,17). The van der Waals surface area contributed by atoms with Crippen LogP contribution in [0.15, 0.2) is 0 Å². The highest BCUT2D eigenvalue weighted by Crippen LogP contribution is 2.16. The second kappa shape index (κ2) is 9.04. The minimum atomic E-state index is -1.13. The molecule has 0 aliphatic carbocycles. The van der Waals surface area contributed by atoms with Gasteiger partial charge in [-0.3, -0.25) is 9.59 Å². The van der Waals surface area contributed by atoms with Gasteiger partial charge in [-0.15, -0.1) is 0 Å². The fourth-order valence-electron chi connectivity index (χ4n) is 1.44. The number of hydrogen-bond donors (Lipinski definition) is 1. The average molecular weight is 274 g/mol. The Morgan fingerprint density at radius 2 is 1.37 bits per heavy atom. The number of carboxylic acid groups (broad SMARTS) is 1. The maximum absolute atomic E-state index is 12.2. The lowest BCUT2D eigenvalue weighted by Gasteiger charge is -2.25. The summed E-state index contributed by atoms with van der Waals surface area (Å²) in [6.45, 7) is 9.21. The van der Waals surface area contributed by atoms with Crippen LogP contribution >= 0.6 is 0 Å². The van der Waals surface area contributed by atoms with Crippen molar-refractivity contribution >= 4 is 11.8 Å². The number of carboxylic acids is 1.